The molecule has 1 aliphatic rings. The Hall–Kier alpha value is -1.64. The maximum Gasteiger partial charge on any atom is 0.248 e. The molecule has 14 heavy (non-hydrogen) atoms. The molecule has 72 valence electrons. The lowest BCUT2D eigenvalue weighted by Crippen LogP contribution is -2.33. The van der Waals surface area contributed by atoms with Gasteiger partial charge in [0, 0.05) is 23.8 Å². The second kappa shape index (κ2) is 2.94. The van der Waals surface area contributed by atoms with Crippen molar-refractivity contribution in [3.8, 4) is 0 Å². The van der Waals surface area contributed by atoms with Crippen LogP contribution in [0.2, 0.25) is 0 Å². The van der Waals surface area contributed by atoms with Gasteiger partial charge < -0.3 is 0 Å². The SMILES string of the molecule is CC1([N+](=O)[O-])CC=Cc2ccccc21. The molecule has 1 aromatic carbocycles. The highest BCUT2D eigenvalue weighted by Gasteiger charge is 2.40. The highest BCUT2D eigenvalue weighted by molar-refractivity contribution is 5.58. The monoisotopic (exact) mass is 189 g/mol. The first-order chi connectivity index (χ1) is 6.64. The Morgan fingerprint density at radius 3 is 2.86 bits per heavy atom. The molecule has 1 aliphatic carbocycles. The smallest absolute Gasteiger partial charge is 0.248 e. The van der Waals surface area contributed by atoms with Crippen LogP contribution in [0.3, 0.4) is 0 Å². The fraction of sp³-hybridized carbons (Fsp3) is 0.273. The van der Waals surface area contributed by atoms with Gasteiger partial charge in [-0.1, -0.05) is 36.4 Å². The minimum Gasteiger partial charge on any atom is -0.264 e. The summed E-state index contributed by atoms with van der Waals surface area (Å²) >= 11 is 0. The standard InChI is InChI=1S/C11H11NO2/c1-11(12(13)14)8-4-6-9-5-2-3-7-10(9)11/h2-7H,8H2,1H3. The van der Waals surface area contributed by atoms with Crippen LogP contribution < -0.4 is 0 Å². The van der Waals surface area contributed by atoms with Crippen LogP contribution in [0.5, 0.6) is 0 Å². The Bertz CT molecular complexity index is 412. The van der Waals surface area contributed by atoms with E-state index in [4.69, 9.17) is 0 Å². The van der Waals surface area contributed by atoms with Gasteiger partial charge in [0.15, 0.2) is 0 Å². The van der Waals surface area contributed by atoms with Crippen LogP contribution in [-0.4, -0.2) is 4.92 Å². The van der Waals surface area contributed by atoms with E-state index in [-0.39, 0.29) is 4.92 Å². The predicted octanol–water partition coefficient (Wildman–Crippen LogP) is 2.60. The van der Waals surface area contributed by atoms with Gasteiger partial charge >= 0.3 is 0 Å². The van der Waals surface area contributed by atoms with Crippen molar-refractivity contribution in [3.05, 3.63) is 51.6 Å². The van der Waals surface area contributed by atoms with E-state index in [1.54, 1.807) is 6.92 Å². The van der Waals surface area contributed by atoms with Crippen molar-refractivity contribution in [2.75, 3.05) is 0 Å². The molecule has 0 N–H and O–H groups in total. The van der Waals surface area contributed by atoms with Gasteiger partial charge in [0.25, 0.3) is 0 Å². The first-order valence-electron chi connectivity index (χ1n) is 4.55. The lowest BCUT2D eigenvalue weighted by molar-refractivity contribution is -0.574. The Morgan fingerprint density at radius 1 is 1.43 bits per heavy atom. The van der Waals surface area contributed by atoms with Crippen LogP contribution in [0, 0.1) is 10.1 Å². The largest absolute Gasteiger partial charge is 0.264 e. The van der Waals surface area contributed by atoms with Crippen LogP contribution in [0.25, 0.3) is 6.08 Å². The van der Waals surface area contributed by atoms with Gasteiger partial charge in [0.05, 0.1) is 0 Å². The first kappa shape index (κ1) is 8.94. The summed E-state index contributed by atoms with van der Waals surface area (Å²) in [6, 6.07) is 7.49. The highest BCUT2D eigenvalue weighted by atomic mass is 16.6. The quantitative estimate of drug-likeness (QED) is 0.503. The molecule has 3 nitrogen and oxygen atoms in total. The zero-order chi connectivity index (χ0) is 10.2. The number of benzene rings is 1. The van der Waals surface area contributed by atoms with Crippen molar-refractivity contribution in [1.29, 1.82) is 0 Å². The number of hydrogen-bond donors (Lipinski definition) is 0. The third-order valence-corrected chi connectivity index (χ3v) is 2.76. The number of fused-ring (bicyclic) bond motifs is 1. The molecule has 2 rings (SSSR count). The van der Waals surface area contributed by atoms with Crippen LogP contribution in [0.1, 0.15) is 24.5 Å². The van der Waals surface area contributed by atoms with E-state index in [0.717, 1.165) is 11.1 Å². The molecule has 0 fully saturated rings. The third-order valence-electron chi connectivity index (χ3n) is 2.76. The van der Waals surface area contributed by atoms with E-state index in [2.05, 4.69) is 0 Å². The highest BCUT2D eigenvalue weighted by Crippen LogP contribution is 2.35. The van der Waals surface area contributed by atoms with Gasteiger partial charge in [0.1, 0.15) is 0 Å². The number of rotatable bonds is 1. The summed E-state index contributed by atoms with van der Waals surface area (Å²) in [5.74, 6) is 0. The first-order valence-corrected chi connectivity index (χ1v) is 4.55. The van der Waals surface area contributed by atoms with Crippen molar-refractivity contribution >= 4 is 6.08 Å². The Balaban J connectivity index is 2.61. The Morgan fingerprint density at radius 2 is 2.14 bits per heavy atom. The number of nitro groups is 1. The normalized spacial score (nSPS) is 24.4. The second-order valence-electron chi connectivity index (χ2n) is 3.72. The zero-order valence-electron chi connectivity index (χ0n) is 7.93. The van der Waals surface area contributed by atoms with E-state index in [1.807, 2.05) is 36.4 Å². The average molecular weight is 189 g/mol. The average Bonchev–Trinajstić information content (AvgIpc) is 2.18. The van der Waals surface area contributed by atoms with Gasteiger partial charge in [-0.15, -0.1) is 0 Å². The summed E-state index contributed by atoms with van der Waals surface area (Å²) in [7, 11) is 0. The Kier molecular flexibility index (Phi) is 1.88. The molecule has 1 unspecified atom stereocenters. The molecule has 0 saturated carbocycles. The van der Waals surface area contributed by atoms with Gasteiger partial charge in [-0.3, -0.25) is 10.1 Å². The van der Waals surface area contributed by atoms with Gasteiger partial charge in [-0.05, 0) is 5.56 Å². The van der Waals surface area contributed by atoms with E-state index < -0.39 is 5.54 Å². The topological polar surface area (TPSA) is 43.1 Å². The van der Waals surface area contributed by atoms with E-state index in [1.165, 1.54) is 0 Å². The minimum absolute atomic E-state index is 0.199. The fourth-order valence-corrected chi connectivity index (χ4v) is 1.83. The maximum atomic E-state index is 11.0. The van der Waals surface area contributed by atoms with E-state index in [0.29, 0.717) is 6.42 Å². The zero-order valence-corrected chi connectivity index (χ0v) is 7.93. The summed E-state index contributed by atoms with van der Waals surface area (Å²) < 4.78 is 0. The number of nitrogens with zero attached hydrogens (tertiary/aromatic N) is 1. The summed E-state index contributed by atoms with van der Waals surface area (Å²) in [4.78, 5) is 10.8. The van der Waals surface area contributed by atoms with E-state index >= 15 is 0 Å². The van der Waals surface area contributed by atoms with Crippen molar-refractivity contribution in [2.24, 2.45) is 0 Å². The molecular formula is C11H11NO2. The van der Waals surface area contributed by atoms with Crippen LogP contribution >= 0.6 is 0 Å². The molecule has 0 spiro atoms. The number of hydrogen-bond acceptors (Lipinski definition) is 2. The van der Waals surface area contributed by atoms with Crippen LogP contribution in [0.15, 0.2) is 30.3 Å². The molecule has 0 radical (unpaired) electrons. The van der Waals surface area contributed by atoms with Crippen molar-refractivity contribution in [3.63, 3.8) is 0 Å². The van der Waals surface area contributed by atoms with E-state index in [9.17, 15) is 10.1 Å². The Labute approximate surface area is 82.2 Å². The molecular weight excluding hydrogens is 178 g/mol. The molecule has 1 aromatic rings. The molecule has 0 aromatic heterocycles. The molecule has 0 amide bonds. The van der Waals surface area contributed by atoms with Gasteiger partial charge in [-0.25, -0.2) is 0 Å². The summed E-state index contributed by atoms with van der Waals surface area (Å²) in [6.45, 7) is 1.68. The lowest BCUT2D eigenvalue weighted by atomic mass is 9.82. The van der Waals surface area contributed by atoms with Crippen molar-refractivity contribution in [2.45, 2.75) is 18.9 Å². The van der Waals surface area contributed by atoms with Gasteiger partial charge in [0.2, 0.25) is 5.54 Å². The molecule has 3 heteroatoms. The summed E-state index contributed by atoms with van der Waals surface area (Å²) in [6.07, 6.45) is 4.28. The molecule has 1 atom stereocenters. The van der Waals surface area contributed by atoms with Crippen molar-refractivity contribution < 1.29 is 4.92 Å². The van der Waals surface area contributed by atoms with Gasteiger partial charge in [-0.2, -0.15) is 0 Å². The van der Waals surface area contributed by atoms with Crippen LogP contribution in [-0.2, 0) is 5.54 Å². The van der Waals surface area contributed by atoms with Crippen LogP contribution in [0.4, 0.5) is 0 Å². The minimum atomic E-state index is -0.953. The predicted molar refractivity (Wildman–Crippen MR) is 54.4 cm³/mol. The summed E-state index contributed by atoms with van der Waals surface area (Å²) in [5.41, 5.74) is 0.816. The second-order valence-corrected chi connectivity index (χ2v) is 3.72. The van der Waals surface area contributed by atoms with Crippen molar-refractivity contribution in [1.82, 2.24) is 0 Å². The molecule has 0 heterocycles. The molecule has 0 aliphatic heterocycles. The summed E-state index contributed by atoms with van der Waals surface area (Å²) in [5, 5.41) is 11.0. The third kappa shape index (κ3) is 1.13. The fourth-order valence-electron chi connectivity index (χ4n) is 1.83. The maximum absolute atomic E-state index is 11.0. The lowest BCUT2D eigenvalue weighted by Gasteiger charge is -2.24. The molecule has 0 saturated heterocycles. The molecule has 0 bridgehead atoms.